The van der Waals surface area contributed by atoms with E-state index in [1.54, 1.807) is 0 Å². The van der Waals surface area contributed by atoms with Gasteiger partial charge in [0.15, 0.2) is 17.3 Å². The third-order valence-electron chi connectivity index (χ3n) is 8.40. The van der Waals surface area contributed by atoms with Gasteiger partial charge in [0.1, 0.15) is 62.9 Å². The number of aromatic nitrogens is 2. The van der Waals surface area contributed by atoms with Gasteiger partial charge in [0.2, 0.25) is 11.6 Å². The molecule has 0 radical (unpaired) electrons. The van der Waals surface area contributed by atoms with Crippen molar-refractivity contribution in [1.29, 1.82) is 0 Å². The second-order valence-electron chi connectivity index (χ2n) is 12.6. The number of nitrogens with zero attached hydrogens (tertiary/aromatic N) is 9. The minimum atomic E-state index is -5.26. The van der Waals surface area contributed by atoms with E-state index in [9.17, 15) is 70.8 Å². The Kier molecular flexibility index (Phi) is 13.3. The highest BCUT2D eigenvalue weighted by atomic mass is 32.2. The Hall–Kier alpha value is -7.89. The number of phenolic OH excluding ortho intramolecular Hbond substituents is 1. The first kappa shape index (κ1) is 45.6. The number of halogens is 1. The van der Waals surface area contributed by atoms with Crippen molar-refractivity contribution in [2.24, 2.45) is 30.7 Å². The van der Waals surface area contributed by atoms with Gasteiger partial charge in [-0.15, -0.1) is 30.7 Å². The number of azo groups is 3. The molecular formula is C36H28FN9O16S2. The lowest BCUT2D eigenvalue weighted by Crippen LogP contribution is -2.04. The summed E-state index contributed by atoms with van der Waals surface area (Å²) in [5, 5.41) is 88.6. The van der Waals surface area contributed by atoms with Crippen LogP contribution in [0.4, 0.5) is 44.2 Å². The van der Waals surface area contributed by atoms with Crippen LogP contribution in [0.2, 0.25) is 0 Å². The standard InChI is InChI=1S/C36H28FN9O16S2/c37-22-3-1-2-4-23(22)38-43-32-33(36(51)52)44-45(35(32)50)19-5-7-21-18(13-19)14-30(64(58,59)60)31(34(21)49)42-41-26-17-27(61-11-9-47)25(16-28(26)62-12-10-48)40-39-24-8-6-20(46(53)54)15-29(24)63(55,56)57/h1-8,13-17,47-50H,9-12H2,(H,51,52)(H,55,56,57)(H,58,59,60). The van der Waals surface area contributed by atoms with E-state index >= 15 is 0 Å². The van der Waals surface area contributed by atoms with E-state index in [0.29, 0.717) is 10.7 Å². The Morgan fingerprint density at radius 1 is 0.734 bits per heavy atom. The normalized spacial score (nSPS) is 12.2. The molecule has 332 valence electrons. The predicted molar refractivity (Wildman–Crippen MR) is 215 cm³/mol. The number of benzene rings is 5. The topological polar surface area (TPSA) is 381 Å². The third-order valence-corrected chi connectivity index (χ3v) is 10.1. The number of aliphatic hydroxyl groups excluding tert-OH is 2. The number of nitro benzene ring substituents is 1. The number of carbonyl (C=O) groups is 1. The smallest absolute Gasteiger partial charge is 0.358 e. The Bertz CT molecular complexity index is 3160. The summed E-state index contributed by atoms with van der Waals surface area (Å²) in [6.45, 7) is -1.92. The molecule has 64 heavy (non-hydrogen) atoms. The monoisotopic (exact) mass is 925 g/mol. The molecule has 0 aliphatic carbocycles. The van der Waals surface area contributed by atoms with E-state index in [-0.39, 0.29) is 45.0 Å². The van der Waals surface area contributed by atoms with E-state index < -0.39 is 113 Å². The van der Waals surface area contributed by atoms with Crippen molar-refractivity contribution >= 4 is 76.8 Å². The highest BCUT2D eigenvalue weighted by Crippen LogP contribution is 2.46. The molecule has 6 rings (SSSR count). The fourth-order valence-corrected chi connectivity index (χ4v) is 6.87. The molecule has 28 heteroatoms. The van der Waals surface area contributed by atoms with Gasteiger partial charge in [-0.25, -0.2) is 9.18 Å². The molecule has 0 amide bonds. The lowest BCUT2D eigenvalue weighted by Gasteiger charge is -2.13. The molecule has 0 unspecified atom stereocenters. The number of carboxylic acid groups (broad SMARTS) is 1. The van der Waals surface area contributed by atoms with Gasteiger partial charge in [-0.1, -0.05) is 12.1 Å². The molecule has 5 aromatic carbocycles. The molecule has 25 nitrogen and oxygen atoms in total. The van der Waals surface area contributed by atoms with Crippen LogP contribution in [0, 0.1) is 15.9 Å². The Labute approximate surface area is 357 Å². The Balaban J connectivity index is 1.44. The lowest BCUT2D eigenvalue weighted by atomic mass is 10.1. The van der Waals surface area contributed by atoms with Crippen LogP contribution >= 0.6 is 0 Å². The number of non-ortho nitro benzene ring substituents is 1. The largest absolute Gasteiger partial charge is 0.505 e. The second kappa shape index (κ2) is 18.6. The summed E-state index contributed by atoms with van der Waals surface area (Å²) in [5.41, 5.74) is -4.59. The third kappa shape index (κ3) is 9.91. The van der Waals surface area contributed by atoms with Crippen molar-refractivity contribution in [3.63, 3.8) is 0 Å². The zero-order chi connectivity index (χ0) is 46.5. The Morgan fingerprint density at radius 2 is 1.31 bits per heavy atom. The number of rotatable bonds is 17. The zero-order valence-corrected chi connectivity index (χ0v) is 33.5. The highest BCUT2D eigenvalue weighted by Gasteiger charge is 2.27. The summed E-state index contributed by atoms with van der Waals surface area (Å²) < 4.78 is 95.3. The van der Waals surface area contributed by atoms with Crippen LogP contribution in [0.15, 0.2) is 119 Å². The average Bonchev–Trinajstić information content (AvgIpc) is 3.58. The van der Waals surface area contributed by atoms with Crippen molar-refractivity contribution in [3.05, 3.63) is 100 Å². The maximum Gasteiger partial charge on any atom is 0.358 e. The summed E-state index contributed by atoms with van der Waals surface area (Å²) in [6.07, 6.45) is 0. The summed E-state index contributed by atoms with van der Waals surface area (Å²) in [7, 11) is -10.3. The zero-order valence-electron chi connectivity index (χ0n) is 31.9. The maximum absolute atomic E-state index is 14.1. The first-order valence-electron chi connectivity index (χ1n) is 17.6. The van der Waals surface area contributed by atoms with Gasteiger partial charge in [-0.2, -0.15) is 26.6 Å². The first-order valence-corrected chi connectivity index (χ1v) is 20.4. The van der Waals surface area contributed by atoms with Gasteiger partial charge in [-0.3, -0.25) is 19.2 Å². The molecule has 0 fully saturated rings. The van der Waals surface area contributed by atoms with Crippen LogP contribution in [0.25, 0.3) is 16.5 Å². The summed E-state index contributed by atoms with van der Waals surface area (Å²) in [5.74, 6) is -4.78. The van der Waals surface area contributed by atoms with Gasteiger partial charge in [0, 0.05) is 29.7 Å². The number of fused-ring (bicyclic) bond motifs is 1. The van der Waals surface area contributed by atoms with E-state index in [4.69, 9.17) is 9.47 Å². The lowest BCUT2D eigenvalue weighted by molar-refractivity contribution is -0.385. The van der Waals surface area contributed by atoms with Crippen LogP contribution < -0.4 is 9.47 Å². The number of aromatic carboxylic acids is 1. The van der Waals surface area contributed by atoms with Gasteiger partial charge in [-0.05, 0) is 47.9 Å². The molecule has 0 aliphatic rings. The average molecular weight is 926 g/mol. The molecule has 6 aromatic rings. The van der Waals surface area contributed by atoms with Crippen molar-refractivity contribution in [3.8, 4) is 28.8 Å². The van der Waals surface area contributed by atoms with Crippen molar-refractivity contribution in [2.45, 2.75) is 9.79 Å². The highest BCUT2D eigenvalue weighted by molar-refractivity contribution is 7.86. The maximum atomic E-state index is 14.1. The molecule has 7 N–H and O–H groups in total. The molecule has 0 aliphatic heterocycles. The molecule has 1 aromatic heterocycles. The van der Waals surface area contributed by atoms with E-state index in [2.05, 4.69) is 35.8 Å². The van der Waals surface area contributed by atoms with Gasteiger partial charge < -0.3 is 35.0 Å². The number of phenols is 1. The van der Waals surface area contributed by atoms with Crippen LogP contribution in [0.1, 0.15) is 10.5 Å². The van der Waals surface area contributed by atoms with E-state index in [1.165, 1.54) is 30.3 Å². The minimum Gasteiger partial charge on any atom is -0.505 e. The molecular weight excluding hydrogens is 898 g/mol. The number of hydrogen-bond acceptors (Lipinski definition) is 20. The first-order chi connectivity index (χ1) is 30.3. The minimum absolute atomic E-state index is 0.129. The van der Waals surface area contributed by atoms with Crippen molar-refractivity contribution < 1.29 is 75.1 Å². The van der Waals surface area contributed by atoms with E-state index in [0.717, 1.165) is 42.5 Å². The van der Waals surface area contributed by atoms with E-state index in [1.807, 2.05) is 0 Å². The van der Waals surface area contributed by atoms with Crippen LogP contribution in [0.3, 0.4) is 0 Å². The van der Waals surface area contributed by atoms with Crippen LogP contribution in [-0.4, -0.2) is 98.6 Å². The number of ether oxygens (including phenoxy) is 2. The summed E-state index contributed by atoms with van der Waals surface area (Å²) >= 11 is 0. The molecule has 0 saturated carbocycles. The Morgan fingerprint density at radius 3 is 1.89 bits per heavy atom. The molecule has 0 saturated heterocycles. The van der Waals surface area contributed by atoms with Crippen LogP contribution in [-0.2, 0) is 20.2 Å². The predicted octanol–water partition coefficient (Wildman–Crippen LogP) is 6.66. The molecule has 0 bridgehead atoms. The SMILES string of the molecule is O=C(O)c1nn(-c2ccc3c(O)c(N=Nc4cc(OCCO)c(N=Nc5ccc([N+](=O)[O-])cc5S(=O)(=O)O)cc4OCCO)c(S(=O)(=O)O)cc3c2)c(O)c1N=Nc1ccccc1F. The summed E-state index contributed by atoms with van der Waals surface area (Å²) in [6, 6.07) is 13.9. The number of nitro groups is 1. The number of carboxylic acids is 1. The van der Waals surface area contributed by atoms with Gasteiger partial charge in [0.25, 0.3) is 25.9 Å². The van der Waals surface area contributed by atoms with Crippen molar-refractivity contribution in [2.75, 3.05) is 26.4 Å². The molecule has 0 spiro atoms. The van der Waals surface area contributed by atoms with Gasteiger partial charge >= 0.3 is 5.97 Å². The second-order valence-corrected chi connectivity index (χ2v) is 15.3. The summed E-state index contributed by atoms with van der Waals surface area (Å²) in [4.78, 5) is 20.3. The number of hydrogen-bond donors (Lipinski definition) is 7. The number of aromatic hydroxyl groups is 2. The van der Waals surface area contributed by atoms with Crippen LogP contribution in [0.5, 0.6) is 23.1 Å². The fourth-order valence-electron chi connectivity index (χ4n) is 5.57. The molecule has 0 atom stereocenters. The molecule has 1 heterocycles. The quantitative estimate of drug-likeness (QED) is 0.0217. The van der Waals surface area contributed by atoms with Gasteiger partial charge in [0.05, 0.1) is 23.8 Å². The van der Waals surface area contributed by atoms with Crippen molar-refractivity contribution in [1.82, 2.24) is 9.78 Å². The number of aliphatic hydroxyl groups is 2. The fraction of sp³-hybridized carbons (Fsp3) is 0.111.